The number of hydrogen-bond donors (Lipinski definition) is 1. The number of halogens is 1. The summed E-state index contributed by atoms with van der Waals surface area (Å²) in [6.07, 6.45) is 1.58. The smallest absolute Gasteiger partial charge is 0.338 e. The molecule has 0 bridgehead atoms. The molecule has 0 aliphatic heterocycles. The molecule has 1 N–H and O–H groups in total. The lowest BCUT2D eigenvalue weighted by molar-refractivity contribution is -0.116. The van der Waals surface area contributed by atoms with Crippen molar-refractivity contribution in [2.45, 2.75) is 33.6 Å². The molecule has 0 saturated carbocycles. The first-order chi connectivity index (χ1) is 14.5. The fourth-order valence-corrected chi connectivity index (χ4v) is 4.25. The van der Waals surface area contributed by atoms with Gasteiger partial charge in [0.15, 0.2) is 0 Å². The number of aryl methyl sites for hydroxylation is 2. The number of nitrogens with one attached hydrogen (secondary N) is 1. The van der Waals surface area contributed by atoms with Gasteiger partial charge < -0.3 is 10.1 Å². The van der Waals surface area contributed by atoms with E-state index in [9.17, 15) is 18.0 Å². The fraction of sp³-hybridized carbons (Fsp3) is 0.364. The van der Waals surface area contributed by atoms with Crippen LogP contribution in [0.25, 0.3) is 0 Å². The molecule has 0 aliphatic carbocycles. The normalized spacial score (nSPS) is 11.1. The zero-order valence-corrected chi connectivity index (χ0v) is 19.6. The number of esters is 1. The molecule has 0 radical (unpaired) electrons. The Balaban J connectivity index is 2.01. The minimum atomic E-state index is -3.50. The second kappa shape index (κ2) is 10.6. The highest BCUT2D eigenvalue weighted by Crippen LogP contribution is 2.26. The van der Waals surface area contributed by atoms with Crippen molar-refractivity contribution in [3.63, 3.8) is 0 Å². The van der Waals surface area contributed by atoms with E-state index in [-0.39, 0.29) is 30.5 Å². The van der Waals surface area contributed by atoms with Gasteiger partial charge in [0.2, 0.25) is 15.9 Å². The summed E-state index contributed by atoms with van der Waals surface area (Å²) in [6.45, 7) is 5.88. The highest BCUT2D eigenvalue weighted by atomic mass is 35.5. The van der Waals surface area contributed by atoms with Gasteiger partial charge in [-0.15, -0.1) is 0 Å². The van der Waals surface area contributed by atoms with Crippen molar-refractivity contribution in [1.29, 1.82) is 0 Å². The van der Waals surface area contributed by atoms with Crippen LogP contribution in [0.3, 0.4) is 0 Å². The molecule has 168 valence electrons. The monoisotopic (exact) mass is 466 g/mol. The summed E-state index contributed by atoms with van der Waals surface area (Å²) in [6, 6.07) is 10.1. The van der Waals surface area contributed by atoms with Gasteiger partial charge in [-0.1, -0.05) is 23.7 Å². The average Bonchev–Trinajstić information content (AvgIpc) is 2.68. The number of nitrogens with zero attached hydrogens (tertiary/aromatic N) is 1. The van der Waals surface area contributed by atoms with Crippen molar-refractivity contribution >= 4 is 44.9 Å². The number of rotatable bonds is 9. The molecule has 0 aliphatic rings. The maximum absolute atomic E-state index is 12.3. The van der Waals surface area contributed by atoms with Crippen LogP contribution in [0.4, 0.5) is 11.4 Å². The Bertz CT molecular complexity index is 1070. The molecule has 9 heteroatoms. The van der Waals surface area contributed by atoms with Crippen LogP contribution < -0.4 is 9.62 Å². The number of amides is 1. The zero-order valence-electron chi connectivity index (χ0n) is 18.1. The SMILES string of the molecule is CCOC(=O)c1ccc(NC(=O)CCCN(c2cc(C)ccc2C)S(C)(=O)=O)c(Cl)c1. The highest BCUT2D eigenvalue weighted by Gasteiger charge is 2.20. The minimum absolute atomic E-state index is 0.104. The molecule has 0 saturated heterocycles. The first-order valence-electron chi connectivity index (χ1n) is 9.84. The Kier molecular flexibility index (Phi) is 8.47. The number of ether oxygens (including phenoxy) is 1. The number of anilines is 2. The second-order valence-electron chi connectivity index (χ2n) is 7.19. The Morgan fingerprint density at radius 2 is 1.84 bits per heavy atom. The predicted molar refractivity (Wildman–Crippen MR) is 123 cm³/mol. The van der Waals surface area contributed by atoms with E-state index >= 15 is 0 Å². The Morgan fingerprint density at radius 3 is 2.45 bits per heavy atom. The quantitative estimate of drug-likeness (QED) is 0.555. The van der Waals surface area contributed by atoms with E-state index in [4.69, 9.17) is 16.3 Å². The van der Waals surface area contributed by atoms with Gasteiger partial charge in [-0.25, -0.2) is 13.2 Å². The molecule has 1 amide bonds. The van der Waals surface area contributed by atoms with E-state index in [0.717, 1.165) is 17.4 Å². The lowest BCUT2D eigenvalue weighted by atomic mass is 10.1. The van der Waals surface area contributed by atoms with Gasteiger partial charge in [0.1, 0.15) is 0 Å². The van der Waals surface area contributed by atoms with Crippen LogP contribution in [-0.4, -0.2) is 39.7 Å². The van der Waals surface area contributed by atoms with Crippen LogP contribution in [0.15, 0.2) is 36.4 Å². The lowest BCUT2D eigenvalue weighted by Crippen LogP contribution is -2.32. The maximum atomic E-state index is 12.3. The van der Waals surface area contributed by atoms with Crippen molar-refractivity contribution < 1.29 is 22.7 Å². The van der Waals surface area contributed by atoms with Crippen LogP contribution in [0, 0.1) is 13.8 Å². The fourth-order valence-electron chi connectivity index (χ4n) is 3.01. The third kappa shape index (κ3) is 6.97. The average molecular weight is 467 g/mol. The van der Waals surface area contributed by atoms with Gasteiger partial charge in [0.05, 0.1) is 34.8 Å². The number of benzene rings is 2. The van der Waals surface area contributed by atoms with Gasteiger partial charge in [0.25, 0.3) is 0 Å². The van der Waals surface area contributed by atoms with Crippen molar-refractivity contribution in [2.75, 3.05) is 29.0 Å². The zero-order chi connectivity index (χ0) is 23.2. The largest absolute Gasteiger partial charge is 0.462 e. The summed E-state index contributed by atoms with van der Waals surface area (Å²) >= 11 is 6.16. The van der Waals surface area contributed by atoms with Gasteiger partial charge in [-0.05, 0) is 62.6 Å². The van der Waals surface area contributed by atoms with Crippen molar-refractivity contribution in [2.24, 2.45) is 0 Å². The molecule has 7 nitrogen and oxygen atoms in total. The minimum Gasteiger partial charge on any atom is -0.462 e. The van der Waals surface area contributed by atoms with E-state index in [0.29, 0.717) is 23.4 Å². The molecule has 2 aromatic carbocycles. The molecule has 0 spiro atoms. The van der Waals surface area contributed by atoms with E-state index in [1.54, 1.807) is 6.92 Å². The second-order valence-corrected chi connectivity index (χ2v) is 9.51. The summed E-state index contributed by atoms with van der Waals surface area (Å²) in [4.78, 5) is 24.1. The lowest BCUT2D eigenvalue weighted by Gasteiger charge is -2.24. The summed E-state index contributed by atoms with van der Waals surface area (Å²) in [5.74, 6) is -0.796. The van der Waals surface area contributed by atoms with Crippen molar-refractivity contribution in [3.05, 3.63) is 58.1 Å². The summed E-state index contributed by atoms with van der Waals surface area (Å²) in [5, 5.41) is 2.90. The molecule has 2 rings (SSSR count). The Morgan fingerprint density at radius 1 is 1.13 bits per heavy atom. The standard InChI is InChI=1S/C22H27ClN2O5S/c1-5-30-22(27)17-10-11-19(18(23)14-17)24-21(26)7-6-12-25(31(4,28)29)20-13-15(2)8-9-16(20)3/h8-11,13-14H,5-7,12H2,1-4H3,(H,24,26). The topological polar surface area (TPSA) is 92.8 Å². The molecule has 31 heavy (non-hydrogen) atoms. The predicted octanol–water partition coefficient (Wildman–Crippen LogP) is 4.32. The van der Waals surface area contributed by atoms with E-state index < -0.39 is 16.0 Å². The van der Waals surface area contributed by atoms with Gasteiger partial charge in [-0.3, -0.25) is 9.10 Å². The third-order valence-electron chi connectivity index (χ3n) is 4.55. The molecule has 0 atom stereocenters. The first kappa shape index (κ1) is 24.7. The number of sulfonamides is 1. The first-order valence-corrected chi connectivity index (χ1v) is 12.1. The van der Waals surface area contributed by atoms with Crippen LogP contribution >= 0.6 is 11.6 Å². The van der Waals surface area contributed by atoms with Gasteiger partial charge in [0, 0.05) is 13.0 Å². The van der Waals surface area contributed by atoms with Crippen LogP contribution in [0.5, 0.6) is 0 Å². The summed E-state index contributed by atoms with van der Waals surface area (Å²) < 4.78 is 30.9. The molecule has 0 aromatic heterocycles. The van der Waals surface area contributed by atoms with Crippen LogP contribution in [0.1, 0.15) is 41.3 Å². The third-order valence-corrected chi connectivity index (χ3v) is 6.05. The Hall–Kier alpha value is -2.58. The number of carbonyl (C=O) groups is 2. The number of carbonyl (C=O) groups excluding carboxylic acids is 2. The Labute approximate surface area is 188 Å². The summed E-state index contributed by atoms with van der Waals surface area (Å²) in [5.41, 5.74) is 3.07. The molecule has 0 heterocycles. The highest BCUT2D eigenvalue weighted by molar-refractivity contribution is 7.92. The number of hydrogen-bond acceptors (Lipinski definition) is 5. The van der Waals surface area contributed by atoms with Crippen LogP contribution in [-0.2, 0) is 19.6 Å². The molecular weight excluding hydrogens is 440 g/mol. The van der Waals surface area contributed by atoms with E-state index in [2.05, 4.69) is 5.32 Å². The molecule has 0 unspecified atom stereocenters. The molecular formula is C22H27ClN2O5S. The van der Waals surface area contributed by atoms with E-state index in [1.165, 1.54) is 22.5 Å². The van der Waals surface area contributed by atoms with Crippen molar-refractivity contribution in [1.82, 2.24) is 0 Å². The van der Waals surface area contributed by atoms with Crippen molar-refractivity contribution in [3.8, 4) is 0 Å². The molecule has 0 fully saturated rings. The molecule has 2 aromatic rings. The van der Waals surface area contributed by atoms with Gasteiger partial charge in [-0.2, -0.15) is 0 Å². The van der Waals surface area contributed by atoms with Crippen LogP contribution in [0.2, 0.25) is 5.02 Å². The maximum Gasteiger partial charge on any atom is 0.338 e. The summed E-state index contributed by atoms with van der Waals surface area (Å²) in [7, 11) is -3.50. The van der Waals surface area contributed by atoms with E-state index in [1.807, 2.05) is 32.0 Å². The van der Waals surface area contributed by atoms with Gasteiger partial charge >= 0.3 is 5.97 Å².